The Balaban J connectivity index is 1.11. The number of nitrogens with zero attached hydrogens (tertiary/aromatic N) is 4. The molecule has 0 fully saturated rings. The summed E-state index contributed by atoms with van der Waals surface area (Å²) in [6.07, 6.45) is 1.61. The second kappa shape index (κ2) is 10.8. The quantitative estimate of drug-likeness (QED) is 0.208. The van der Waals surface area contributed by atoms with Gasteiger partial charge in [-0.2, -0.15) is 0 Å². The maximum absolute atomic E-state index is 5.19. The number of rotatable bonds is 4. The van der Waals surface area contributed by atoms with Crippen molar-refractivity contribution in [1.29, 1.82) is 0 Å². The van der Waals surface area contributed by atoms with Crippen molar-refractivity contribution in [3.05, 3.63) is 180 Å². The molecule has 0 saturated heterocycles. The number of aromatic nitrogens is 2. The van der Waals surface area contributed by atoms with Crippen molar-refractivity contribution < 1.29 is 0 Å². The Morgan fingerprint density at radius 1 is 0.600 bits per heavy atom. The molecule has 0 bridgehead atoms. The van der Waals surface area contributed by atoms with Crippen molar-refractivity contribution in [2.75, 3.05) is 0 Å². The molecular formula is C45H33N5. The standard InChI is InChI=1S/C45H33N5/c1-45(2)37-21-10-8-18-32(37)35-25-36-33-19-9-11-22-39(33)50(40(36)26-38(35)45)41-24-23-30(27-46-41)43-47-42(29-14-4-3-5-15-29)48-44(49-43)34-20-12-16-28-13-6-7-17-31(28)34/h3-27,44H,1-2H3,(H,47,48,49). The van der Waals surface area contributed by atoms with Crippen LogP contribution in [0.15, 0.2) is 162 Å². The van der Waals surface area contributed by atoms with E-state index < -0.39 is 0 Å². The minimum absolute atomic E-state index is 0.0963. The van der Waals surface area contributed by atoms with E-state index in [4.69, 9.17) is 15.0 Å². The number of para-hydroxylation sites is 1. The molecule has 6 aromatic carbocycles. The van der Waals surface area contributed by atoms with Gasteiger partial charge in [-0.3, -0.25) is 4.57 Å². The van der Waals surface area contributed by atoms with Crippen molar-refractivity contribution in [3.63, 3.8) is 0 Å². The molecule has 0 amide bonds. The fraction of sp³-hybridized carbons (Fsp3) is 0.0889. The van der Waals surface area contributed by atoms with Crippen LogP contribution in [0.4, 0.5) is 0 Å². The first-order chi connectivity index (χ1) is 24.5. The molecule has 10 rings (SSSR count). The number of aliphatic imine (C=N–C) groups is 2. The van der Waals surface area contributed by atoms with Crippen LogP contribution in [0, 0.1) is 0 Å². The second-order valence-electron chi connectivity index (χ2n) is 13.7. The van der Waals surface area contributed by atoms with Crippen LogP contribution in [0.1, 0.15) is 47.8 Å². The Bertz CT molecular complexity index is 2690. The topological polar surface area (TPSA) is 54.6 Å². The van der Waals surface area contributed by atoms with Gasteiger partial charge in [0, 0.05) is 39.1 Å². The van der Waals surface area contributed by atoms with E-state index in [1.54, 1.807) is 0 Å². The highest BCUT2D eigenvalue weighted by Crippen LogP contribution is 2.50. The van der Waals surface area contributed by atoms with Crippen LogP contribution in [-0.4, -0.2) is 21.2 Å². The largest absolute Gasteiger partial charge is 0.344 e. The van der Waals surface area contributed by atoms with E-state index in [1.807, 2.05) is 24.4 Å². The predicted octanol–water partition coefficient (Wildman–Crippen LogP) is 10.1. The number of pyridine rings is 1. The molecule has 5 heteroatoms. The average Bonchev–Trinajstić information content (AvgIpc) is 3.62. The summed E-state index contributed by atoms with van der Waals surface area (Å²) in [6, 6.07) is 51.5. The fourth-order valence-electron chi connectivity index (χ4n) is 8.03. The third-order valence-corrected chi connectivity index (χ3v) is 10.5. The van der Waals surface area contributed by atoms with Gasteiger partial charge in [-0.05, 0) is 63.4 Å². The molecule has 2 aliphatic rings. The smallest absolute Gasteiger partial charge is 0.160 e. The Morgan fingerprint density at radius 2 is 1.36 bits per heavy atom. The number of nitrogens with one attached hydrogen (secondary N) is 1. The molecule has 238 valence electrons. The van der Waals surface area contributed by atoms with Crippen LogP contribution in [0.3, 0.4) is 0 Å². The summed E-state index contributed by atoms with van der Waals surface area (Å²) in [5.74, 6) is 2.30. The van der Waals surface area contributed by atoms with Gasteiger partial charge in [-0.1, -0.05) is 129 Å². The van der Waals surface area contributed by atoms with Crippen molar-refractivity contribution in [3.8, 4) is 16.9 Å². The maximum Gasteiger partial charge on any atom is 0.160 e. The molecule has 1 N–H and O–H groups in total. The van der Waals surface area contributed by atoms with E-state index in [2.05, 4.69) is 151 Å². The number of fused-ring (bicyclic) bond motifs is 7. The van der Waals surface area contributed by atoms with E-state index >= 15 is 0 Å². The highest BCUT2D eigenvalue weighted by atomic mass is 15.2. The highest BCUT2D eigenvalue weighted by Gasteiger charge is 2.36. The summed E-state index contributed by atoms with van der Waals surface area (Å²) >= 11 is 0. The Kier molecular flexibility index (Phi) is 6.21. The van der Waals surface area contributed by atoms with E-state index in [0.717, 1.165) is 39.4 Å². The molecule has 1 aliphatic carbocycles. The minimum atomic E-state index is -0.310. The number of benzene rings is 6. The summed E-state index contributed by atoms with van der Waals surface area (Å²) < 4.78 is 2.30. The third kappa shape index (κ3) is 4.30. The molecule has 50 heavy (non-hydrogen) atoms. The predicted molar refractivity (Wildman–Crippen MR) is 205 cm³/mol. The Morgan fingerprint density at radius 3 is 2.22 bits per heavy atom. The van der Waals surface area contributed by atoms with Crippen molar-refractivity contribution in [2.45, 2.75) is 25.4 Å². The lowest BCUT2D eigenvalue weighted by Crippen LogP contribution is -2.33. The number of hydrogen-bond donors (Lipinski definition) is 1. The van der Waals surface area contributed by atoms with Crippen LogP contribution < -0.4 is 5.32 Å². The van der Waals surface area contributed by atoms with E-state index in [9.17, 15) is 0 Å². The minimum Gasteiger partial charge on any atom is -0.344 e. The molecule has 0 saturated carbocycles. The van der Waals surface area contributed by atoms with Crippen LogP contribution in [0.2, 0.25) is 0 Å². The van der Waals surface area contributed by atoms with Crippen LogP contribution in [0.5, 0.6) is 0 Å². The van der Waals surface area contributed by atoms with Crippen LogP contribution in [-0.2, 0) is 5.41 Å². The normalized spacial score (nSPS) is 16.2. The van der Waals surface area contributed by atoms with Gasteiger partial charge in [0.05, 0.1) is 11.0 Å². The summed E-state index contributed by atoms with van der Waals surface area (Å²) in [4.78, 5) is 15.3. The lowest BCUT2D eigenvalue weighted by Gasteiger charge is -2.24. The summed E-state index contributed by atoms with van der Waals surface area (Å²) in [6.45, 7) is 4.66. The second-order valence-corrected chi connectivity index (χ2v) is 13.7. The van der Waals surface area contributed by atoms with Crippen LogP contribution >= 0.6 is 0 Å². The van der Waals surface area contributed by atoms with Gasteiger partial charge >= 0.3 is 0 Å². The first kappa shape index (κ1) is 28.7. The van der Waals surface area contributed by atoms with Crippen molar-refractivity contribution in [1.82, 2.24) is 14.9 Å². The molecule has 0 spiro atoms. The average molecular weight is 644 g/mol. The van der Waals surface area contributed by atoms with Gasteiger partial charge in [0.1, 0.15) is 17.8 Å². The summed E-state index contributed by atoms with van der Waals surface area (Å²) in [7, 11) is 0. The van der Waals surface area contributed by atoms with Crippen molar-refractivity contribution in [2.24, 2.45) is 9.98 Å². The SMILES string of the molecule is CC1(C)c2ccccc2-c2cc3c4ccccc4n(-c4ccc(C5=NC(c6cccc7ccccc67)NC(c6ccccc6)=N5)cn4)c3cc21. The van der Waals surface area contributed by atoms with E-state index in [-0.39, 0.29) is 11.6 Å². The summed E-state index contributed by atoms with van der Waals surface area (Å²) in [5, 5.41) is 8.43. The molecule has 1 atom stereocenters. The van der Waals surface area contributed by atoms with Gasteiger partial charge < -0.3 is 5.32 Å². The Hall–Kier alpha value is -6.33. The summed E-state index contributed by atoms with van der Waals surface area (Å²) in [5.41, 5.74) is 10.6. The van der Waals surface area contributed by atoms with Gasteiger partial charge in [-0.25, -0.2) is 15.0 Å². The Labute approximate surface area is 290 Å². The number of hydrogen-bond acceptors (Lipinski definition) is 4. The third-order valence-electron chi connectivity index (χ3n) is 10.5. The fourth-order valence-corrected chi connectivity index (χ4v) is 8.03. The molecule has 3 heterocycles. The zero-order valence-corrected chi connectivity index (χ0v) is 27.8. The van der Waals surface area contributed by atoms with Gasteiger partial charge in [0.25, 0.3) is 0 Å². The lowest BCUT2D eigenvalue weighted by atomic mass is 9.82. The lowest BCUT2D eigenvalue weighted by molar-refractivity contribution is 0.661. The van der Waals surface area contributed by atoms with Gasteiger partial charge in [0.15, 0.2) is 5.84 Å². The maximum atomic E-state index is 5.19. The van der Waals surface area contributed by atoms with Crippen LogP contribution in [0.25, 0.3) is 49.5 Å². The molecule has 1 aliphatic heterocycles. The van der Waals surface area contributed by atoms with E-state index in [1.165, 1.54) is 43.8 Å². The van der Waals surface area contributed by atoms with E-state index in [0.29, 0.717) is 5.84 Å². The van der Waals surface area contributed by atoms with Gasteiger partial charge in [-0.15, -0.1) is 0 Å². The highest BCUT2D eigenvalue weighted by molar-refractivity contribution is 6.14. The number of amidine groups is 2. The molecule has 5 nitrogen and oxygen atoms in total. The molecule has 2 aromatic heterocycles. The zero-order chi connectivity index (χ0) is 33.4. The zero-order valence-electron chi connectivity index (χ0n) is 27.8. The molecular weight excluding hydrogens is 611 g/mol. The monoisotopic (exact) mass is 643 g/mol. The molecule has 1 unspecified atom stereocenters. The van der Waals surface area contributed by atoms with Gasteiger partial charge in [0.2, 0.25) is 0 Å². The molecule has 0 radical (unpaired) electrons. The van der Waals surface area contributed by atoms with Crippen molar-refractivity contribution >= 4 is 44.2 Å². The molecule has 8 aromatic rings. The first-order valence-corrected chi connectivity index (χ1v) is 17.1. The first-order valence-electron chi connectivity index (χ1n) is 17.1.